The van der Waals surface area contributed by atoms with Crippen LogP contribution in [0.4, 0.5) is 0 Å². The lowest BCUT2D eigenvalue weighted by molar-refractivity contribution is -0.142. The first-order valence-corrected chi connectivity index (χ1v) is 5.08. The Morgan fingerprint density at radius 3 is 1.00 bits per heavy atom. The Labute approximate surface area is 105 Å². The molecule has 3 aliphatic rings. The topological polar surface area (TPSA) is 179 Å². The van der Waals surface area contributed by atoms with Gasteiger partial charge in [0.1, 0.15) is 0 Å². The van der Waals surface area contributed by atoms with Crippen LogP contribution in [0.1, 0.15) is 0 Å². The van der Waals surface area contributed by atoms with E-state index in [0.717, 1.165) is 4.12 Å². The molecule has 19 heteroatoms. The third-order valence-electron chi connectivity index (χ3n) is 2.76. The third kappa shape index (κ3) is 1.96. The summed E-state index contributed by atoms with van der Waals surface area (Å²) in [6.07, 6.45) is 0. The molecule has 0 bridgehead atoms. The third-order valence-corrected chi connectivity index (χ3v) is 2.76. The van der Waals surface area contributed by atoms with Gasteiger partial charge in [-0.25, -0.2) is 0 Å². The summed E-state index contributed by atoms with van der Waals surface area (Å²) >= 11 is 0. The largest absolute Gasteiger partial charge is 0.981 e. The summed E-state index contributed by atoms with van der Waals surface area (Å²) in [5.41, 5.74) is 0. The second-order valence-electron chi connectivity index (χ2n) is 3.96. The van der Waals surface area contributed by atoms with E-state index in [2.05, 4.69) is 27.4 Å². The number of rotatable bonds is 0. The molecule has 0 amide bonds. The van der Waals surface area contributed by atoms with Crippen molar-refractivity contribution in [3.63, 3.8) is 0 Å². The van der Waals surface area contributed by atoms with Gasteiger partial charge in [0.2, 0.25) is 0 Å². The lowest BCUT2D eigenvalue weighted by Gasteiger charge is -2.76. The molecule has 0 unspecified atom stereocenters. The van der Waals surface area contributed by atoms with Crippen LogP contribution in [-0.2, 0) is 31.6 Å². The maximum Gasteiger partial charge on any atom is 0.619 e. The molecule has 0 radical (unpaired) electrons. The molecule has 0 saturated carbocycles. The van der Waals surface area contributed by atoms with Crippen molar-refractivity contribution in [1.29, 1.82) is 0 Å². The van der Waals surface area contributed by atoms with Crippen LogP contribution in [0.25, 0.3) is 0 Å². The van der Waals surface area contributed by atoms with E-state index in [1.165, 1.54) is 0 Å². The van der Waals surface area contributed by atoms with Crippen molar-refractivity contribution in [2.75, 3.05) is 0 Å². The van der Waals surface area contributed by atoms with Gasteiger partial charge in [0.05, 0.1) is 0 Å². The van der Waals surface area contributed by atoms with Crippen LogP contribution in [0.5, 0.6) is 0 Å². The average Bonchev–Trinajstić information content (AvgIpc) is 2.07. The van der Waals surface area contributed by atoms with E-state index in [1.54, 1.807) is 0 Å². The average molecular weight is 279 g/mol. The quantitative estimate of drug-likeness (QED) is 0.183. The Kier molecular flexibility index (Phi) is 2.88. The molecule has 3 aliphatic heterocycles. The van der Waals surface area contributed by atoms with Crippen LogP contribution in [0, 0.1) is 0 Å². The zero-order valence-corrected chi connectivity index (χ0v) is 9.01. The summed E-state index contributed by atoms with van der Waals surface area (Å²) in [5.74, 6) is 0. The van der Waals surface area contributed by atoms with Gasteiger partial charge in [-0.05, 0) is 0 Å². The second kappa shape index (κ2) is 3.95. The first kappa shape index (κ1) is 13.8. The molecule has 19 heavy (non-hydrogen) atoms. The zero-order chi connectivity index (χ0) is 14.1. The Hall–Kier alpha value is -0.130. The van der Waals surface area contributed by atoms with Crippen molar-refractivity contribution in [3.8, 4) is 0 Å². The van der Waals surface area contributed by atoms with E-state index in [9.17, 15) is 30.1 Å². The first-order valence-electron chi connectivity index (χ1n) is 5.08. The molecule has 3 rings (SSSR count). The van der Waals surface area contributed by atoms with Crippen LogP contribution in [0.2, 0.25) is 0 Å². The Morgan fingerprint density at radius 1 is 0.579 bits per heavy atom. The standard InChI is InChI=1S/B6H6O13/c7-1-13-4(10)15-2(8)17-6(12)18-3(9)16-5(11,14-1)19(4)6/h7-12H/q-2. The highest BCUT2D eigenvalue weighted by Crippen LogP contribution is 2.42. The summed E-state index contributed by atoms with van der Waals surface area (Å²) in [5, 5.41) is 57.4. The molecule has 0 spiro atoms. The van der Waals surface area contributed by atoms with E-state index >= 15 is 0 Å². The Bertz CT molecular complexity index is 308. The predicted molar refractivity (Wildman–Crippen MR) is 55.4 cm³/mol. The first-order chi connectivity index (χ1) is 8.67. The van der Waals surface area contributed by atoms with Gasteiger partial charge in [-0.2, -0.15) is 0 Å². The van der Waals surface area contributed by atoms with Gasteiger partial charge in [-0.1, -0.05) is 0 Å². The van der Waals surface area contributed by atoms with Gasteiger partial charge >= 0.3 is 42.8 Å². The lowest BCUT2D eigenvalue weighted by Crippen LogP contribution is -2.89. The number of hydrogen-bond donors (Lipinski definition) is 6. The highest BCUT2D eigenvalue weighted by Gasteiger charge is 2.71. The maximum absolute atomic E-state index is 9.95. The molecule has 0 aromatic heterocycles. The highest BCUT2D eigenvalue weighted by atomic mass is 17.1. The normalized spacial score (nSPS) is 47.4. The molecule has 0 aromatic carbocycles. The predicted octanol–water partition coefficient (Wildman–Crippen LogP) is -6.11. The molecule has 13 nitrogen and oxygen atoms in total. The van der Waals surface area contributed by atoms with Crippen LogP contribution in [0.3, 0.4) is 0 Å². The fourth-order valence-corrected chi connectivity index (χ4v) is 2.11. The van der Waals surface area contributed by atoms with E-state index in [1.807, 2.05) is 0 Å². The summed E-state index contributed by atoms with van der Waals surface area (Å²) < 4.78 is 27.5. The minimum absolute atomic E-state index is 1.08. The SMILES string of the molecule is OB1O[B-]2(O)OB(O)O[B-]3(O)OB(O)O[B-](O)(O1)[O+]23. The van der Waals surface area contributed by atoms with Crippen molar-refractivity contribution >= 4 is 42.8 Å². The fourth-order valence-electron chi connectivity index (χ4n) is 2.11. The van der Waals surface area contributed by atoms with Crippen LogP contribution < -0.4 is 0 Å². The number of hydrogen-bond acceptors (Lipinski definition) is 12. The summed E-state index contributed by atoms with van der Waals surface area (Å²) in [6, 6.07) is 0. The smallest absolute Gasteiger partial charge is 0.619 e. The zero-order valence-electron chi connectivity index (χ0n) is 9.01. The molecule has 3 saturated heterocycles. The highest BCUT2D eigenvalue weighted by molar-refractivity contribution is 6.95. The van der Waals surface area contributed by atoms with Gasteiger partial charge in [0.25, 0.3) is 0 Å². The van der Waals surface area contributed by atoms with Gasteiger partial charge in [0.15, 0.2) is 0 Å². The van der Waals surface area contributed by atoms with Crippen LogP contribution >= 0.6 is 0 Å². The van der Waals surface area contributed by atoms with Gasteiger partial charge in [-0.3, -0.25) is 0 Å². The fraction of sp³-hybridized carbons (Fsp3) is 0. The molecule has 3 fully saturated rings. The van der Waals surface area contributed by atoms with Crippen molar-refractivity contribution in [2.24, 2.45) is 0 Å². The molecular formula is H6B6O13-2. The van der Waals surface area contributed by atoms with Crippen molar-refractivity contribution < 1.29 is 61.7 Å². The molecule has 6 N–H and O–H groups in total. The van der Waals surface area contributed by atoms with Crippen LogP contribution in [0.15, 0.2) is 0 Å². The minimum Gasteiger partial charge on any atom is -0.981 e. The van der Waals surface area contributed by atoms with Crippen molar-refractivity contribution in [3.05, 3.63) is 0 Å². The van der Waals surface area contributed by atoms with E-state index in [0.29, 0.717) is 0 Å². The molecule has 0 atom stereocenters. The monoisotopic (exact) mass is 280 g/mol. The molecule has 3 heterocycles. The van der Waals surface area contributed by atoms with E-state index < -0.39 is 42.8 Å². The Balaban J connectivity index is 2.07. The van der Waals surface area contributed by atoms with Crippen molar-refractivity contribution in [2.45, 2.75) is 0 Å². The second-order valence-corrected chi connectivity index (χ2v) is 3.96. The van der Waals surface area contributed by atoms with Gasteiger partial charge < -0.3 is 61.7 Å². The molecule has 0 aliphatic carbocycles. The summed E-state index contributed by atoms with van der Waals surface area (Å²) in [6.45, 7) is -11.8. The van der Waals surface area contributed by atoms with Crippen LogP contribution in [-0.4, -0.2) is 73.0 Å². The van der Waals surface area contributed by atoms with Crippen molar-refractivity contribution in [1.82, 2.24) is 0 Å². The lowest BCUT2D eigenvalue weighted by atomic mass is 9.70. The van der Waals surface area contributed by atoms with Gasteiger partial charge in [0, 0.05) is 0 Å². The maximum atomic E-state index is 9.95. The van der Waals surface area contributed by atoms with E-state index in [4.69, 9.17) is 0 Å². The van der Waals surface area contributed by atoms with E-state index in [-0.39, 0.29) is 0 Å². The molecule has 104 valence electrons. The molecular weight excluding hydrogens is 273 g/mol. The summed E-state index contributed by atoms with van der Waals surface area (Å²) in [4.78, 5) is 0. The Morgan fingerprint density at radius 2 is 0.789 bits per heavy atom. The van der Waals surface area contributed by atoms with Gasteiger partial charge in [-0.15, -0.1) is 0 Å². The summed E-state index contributed by atoms with van der Waals surface area (Å²) in [7, 11) is -6.77. The molecule has 0 aromatic rings. The minimum atomic E-state index is -3.93.